The van der Waals surface area contributed by atoms with Gasteiger partial charge in [-0.2, -0.15) is 0 Å². The van der Waals surface area contributed by atoms with Crippen LogP contribution in [0, 0.1) is 13.8 Å². The quantitative estimate of drug-likeness (QED) is 0.182. The number of nitrogens with one attached hydrogen (secondary N) is 2. The summed E-state index contributed by atoms with van der Waals surface area (Å²) < 4.78 is 0. The van der Waals surface area contributed by atoms with Crippen LogP contribution in [0.2, 0.25) is 0 Å². The summed E-state index contributed by atoms with van der Waals surface area (Å²) in [4.78, 5) is 28.5. The molecule has 7 nitrogen and oxygen atoms in total. The molecule has 3 N–H and O–H groups in total. The van der Waals surface area contributed by atoms with Crippen LogP contribution in [0.15, 0.2) is 101 Å². The zero-order chi connectivity index (χ0) is 24.8. The zero-order valence-corrected chi connectivity index (χ0v) is 19.3. The Kier molecular flexibility index (Phi) is 6.97. The van der Waals surface area contributed by atoms with Crippen LogP contribution in [-0.2, 0) is 4.79 Å². The number of nitrogens with zero attached hydrogens (tertiary/aromatic N) is 2. The van der Waals surface area contributed by atoms with Crippen LogP contribution >= 0.6 is 0 Å². The summed E-state index contributed by atoms with van der Waals surface area (Å²) in [7, 11) is 0. The predicted molar refractivity (Wildman–Crippen MR) is 136 cm³/mol. The molecule has 1 heterocycles. The molecule has 7 heteroatoms. The number of hydrogen-bond donors (Lipinski definition) is 3. The molecule has 0 atom stereocenters. The van der Waals surface area contributed by atoms with Crippen molar-refractivity contribution in [3.63, 3.8) is 0 Å². The van der Waals surface area contributed by atoms with Crippen molar-refractivity contribution in [1.29, 1.82) is 0 Å². The van der Waals surface area contributed by atoms with Crippen LogP contribution in [0.25, 0.3) is 17.0 Å². The smallest absolute Gasteiger partial charge is 0.311 e. The third-order valence-corrected chi connectivity index (χ3v) is 5.31. The van der Waals surface area contributed by atoms with Gasteiger partial charge in [0.25, 0.3) is 5.91 Å². The lowest BCUT2D eigenvalue weighted by Gasteiger charge is -2.06. The van der Waals surface area contributed by atoms with E-state index >= 15 is 0 Å². The Morgan fingerprint density at radius 3 is 2.37 bits per heavy atom. The number of benzene rings is 3. The van der Waals surface area contributed by atoms with E-state index in [9.17, 15) is 14.7 Å². The largest absolute Gasteiger partial charge is 0.493 e. The number of aromatic hydroxyl groups is 1. The first-order valence-corrected chi connectivity index (χ1v) is 11.0. The van der Waals surface area contributed by atoms with Crippen molar-refractivity contribution in [2.45, 2.75) is 13.8 Å². The van der Waals surface area contributed by atoms with Crippen LogP contribution < -0.4 is 5.32 Å². The van der Waals surface area contributed by atoms with Crippen LogP contribution in [0.5, 0.6) is 5.88 Å². The summed E-state index contributed by atoms with van der Waals surface area (Å²) in [6, 6.07) is 21.9. The molecule has 0 unspecified atom stereocenters. The summed E-state index contributed by atoms with van der Waals surface area (Å²) in [5, 5.41) is 21.4. The Hall–Kier alpha value is -4.78. The minimum absolute atomic E-state index is 0.0542. The number of aromatic amines is 1. The van der Waals surface area contributed by atoms with E-state index in [4.69, 9.17) is 0 Å². The van der Waals surface area contributed by atoms with Gasteiger partial charge >= 0.3 is 5.91 Å². The maximum atomic E-state index is 13.0. The molecule has 0 saturated carbocycles. The van der Waals surface area contributed by atoms with E-state index in [0.29, 0.717) is 16.5 Å². The van der Waals surface area contributed by atoms with Gasteiger partial charge in [0.15, 0.2) is 5.69 Å². The highest BCUT2D eigenvalue weighted by Gasteiger charge is 2.16. The van der Waals surface area contributed by atoms with Gasteiger partial charge in [-0.3, -0.25) is 9.59 Å². The molecule has 0 aliphatic rings. The van der Waals surface area contributed by atoms with Gasteiger partial charge in [-0.15, -0.1) is 10.2 Å². The molecule has 4 aromatic rings. The van der Waals surface area contributed by atoms with Gasteiger partial charge < -0.3 is 15.4 Å². The number of aromatic nitrogens is 1. The van der Waals surface area contributed by atoms with Crippen molar-refractivity contribution in [2.75, 3.05) is 0 Å². The van der Waals surface area contributed by atoms with Crippen LogP contribution in [0.4, 0.5) is 5.69 Å². The molecule has 0 spiro atoms. The molecule has 0 saturated heterocycles. The number of azo groups is 1. The standard InChI is InChI=1S/C28H24N4O3/c1-18-16-19(2)24-22(17-18)25(28(35)30-24)31-32-27(34)23(15-9-12-20-10-5-3-6-11-20)29-26(33)21-13-7-4-8-14-21/h3-17,30,35H,1-2H3,(H,29,33)/b12-9+,23-15+,32-31?. The van der Waals surface area contributed by atoms with E-state index in [-0.39, 0.29) is 17.3 Å². The van der Waals surface area contributed by atoms with Crippen molar-refractivity contribution >= 4 is 34.5 Å². The fraction of sp³-hybridized carbons (Fsp3) is 0.0714. The molecule has 0 fully saturated rings. The maximum absolute atomic E-state index is 13.0. The van der Waals surface area contributed by atoms with Crippen LogP contribution in [-0.4, -0.2) is 21.9 Å². The molecule has 0 radical (unpaired) electrons. The first-order chi connectivity index (χ1) is 16.9. The average molecular weight is 465 g/mol. The van der Waals surface area contributed by atoms with Crippen LogP contribution in [0.1, 0.15) is 27.0 Å². The maximum Gasteiger partial charge on any atom is 0.311 e. The molecule has 0 aliphatic heterocycles. The second-order valence-corrected chi connectivity index (χ2v) is 8.00. The number of amides is 2. The third-order valence-electron chi connectivity index (χ3n) is 5.31. The number of fused-ring (bicyclic) bond motifs is 1. The van der Waals surface area contributed by atoms with E-state index in [0.717, 1.165) is 16.7 Å². The summed E-state index contributed by atoms with van der Waals surface area (Å²) in [5.41, 5.74) is 4.07. The van der Waals surface area contributed by atoms with Crippen molar-refractivity contribution in [3.8, 4) is 5.88 Å². The highest BCUT2D eigenvalue weighted by atomic mass is 16.3. The van der Waals surface area contributed by atoms with Gasteiger partial charge in [-0.1, -0.05) is 72.3 Å². The SMILES string of the molecule is Cc1cc(C)c2[nH]c(O)c(N=NC(=O)/C(=C\C=C\c3ccccc3)NC(=O)c3ccccc3)c2c1. The van der Waals surface area contributed by atoms with Gasteiger partial charge in [-0.05, 0) is 49.2 Å². The number of carbonyl (C=O) groups is 2. The van der Waals surface area contributed by atoms with E-state index in [1.165, 1.54) is 6.08 Å². The molecule has 0 bridgehead atoms. The van der Waals surface area contributed by atoms with Crippen molar-refractivity contribution < 1.29 is 14.7 Å². The monoisotopic (exact) mass is 464 g/mol. The minimum atomic E-state index is -0.759. The molecule has 174 valence electrons. The summed E-state index contributed by atoms with van der Waals surface area (Å²) in [6.45, 7) is 3.85. The summed E-state index contributed by atoms with van der Waals surface area (Å²) in [5.74, 6) is -1.40. The van der Waals surface area contributed by atoms with Crippen LogP contribution in [0.3, 0.4) is 0 Å². The number of allylic oxidation sites excluding steroid dienone is 2. The van der Waals surface area contributed by atoms with Crippen molar-refractivity contribution in [2.24, 2.45) is 10.2 Å². The van der Waals surface area contributed by atoms with E-state index in [1.807, 2.05) is 56.3 Å². The average Bonchev–Trinajstić information content (AvgIpc) is 3.18. The van der Waals surface area contributed by atoms with E-state index in [1.54, 1.807) is 42.5 Å². The Balaban J connectivity index is 1.64. The molecule has 4 rings (SSSR count). The highest BCUT2D eigenvalue weighted by molar-refractivity contribution is 6.03. The molecule has 2 amide bonds. The predicted octanol–water partition coefficient (Wildman–Crippen LogP) is 6.13. The molecule has 3 aromatic carbocycles. The highest BCUT2D eigenvalue weighted by Crippen LogP contribution is 2.37. The molecule has 0 aliphatic carbocycles. The Labute approximate surface area is 202 Å². The molecular formula is C28H24N4O3. The van der Waals surface area contributed by atoms with Gasteiger partial charge in [0.1, 0.15) is 5.70 Å². The first kappa shape index (κ1) is 23.4. The molecular weight excluding hydrogens is 440 g/mol. The fourth-order valence-electron chi connectivity index (χ4n) is 3.65. The fourth-order valence-corrected chi connectivity index (χ4v) is 3.65. The zero-order valence-electron chi connectivity index (χ0n) is 19.3. The minimum Gasteiger partial charge on any atom is -0.493 e. The second-order valence-electron chi connectivity index (χ2n) is 8.00. The van der Waals surface area contributed by atoms with E-state index < -0.39 is 11.8 Å². The molecule has 35 heavy (non-hydrogen) atoms. The number of hydrogen-bond acceptors (Lipinski definition) is 4. The third kappa shape index (κ3) is 5.59. The van der Waals surface area contributed by atoms with Gasteiger partial charge in [0.2, 0.25) is 5.88 Å². The number of aryl methyl sites for hydroxylation is 2. The topological polar surface area (TPSA) is 107 Å². The summed E-state index contributed by atoms with van der Waals surface area (Å²) in [6.07, 6.45) is 4.92. The lowest BCUT2D eigenvalue weighted by atomic mass is 10.1. The normalized spacial score (nSPS) is 12.0. The van der Waals surface area contributed by atoms with Gasteiger partial charge in [0, 0.05) is 10.9 Å². The Morgan fingerprint density at radius 1 is 0.971 bits per heavy atom. The lowest BCUT2D eigenvalue weighted by Crippen LogP contribution is -2.26. The van der Waals surface area contributed by atoms with E-state index in [2.05, 4.69) is 20.5 Å². The van der Waals surface area contributed by atoms with Gasteiger partial charge in [-0.25, -0.2) is 0 Å². The van der Waals surface area contributed by atoms with Crippen molar-refractivity contribution in [3.05, 3.63) is 113 Å². The Morgan fingerprint density at radius 2 is 1.66 bits per heavy atom. The first-order valence-electron chi connectivity index (χ1n) is 11.0. The number of carbonyl (C=O) groups excluding carboxylic acids is 2. The summed E-state index contributed by atoms with van der Waals surface area (Å²) >= 11 is 0. The molecule has 1 aromatic heterocycles. The lowest BCUT2D eigenvalue weighted by molar-refractivity contribution is -0.115. The second kappa shape index (κ2) is 10.4. The number of rotatable bonds is 6. The van der Waals surface area contributed by atoms with Crippen molar-refractivity contribution in [1.82, 2.24) is 10.3 Å². The number of H-pyrrole nitrogens is 1. The Bertz CT molecular complexity index is 1470. The van der Waals surface area contributed by atoms with Gasteiger partial charge in [0.05, 0.1) is 5.52 Å².